The predicted molar refractivity (Wildman–Crippen MR) is 63.5 cm³/mol. The van der Waals surface area contributed by atoms with E-state index in [1.54, 1.807) is 12.1 Å². The summed E-state index contributed by atoms with van der Waals surface area (Å²) in [5.41, 5.74) is 0.539. The molecule has 0 unspecified atom stereocenters. The van der Waals surface area contributed by atoms with E-state index in [1.165, 1.54) is 0 Å². The summed E-state index contributed by atoms with van der Waals surface area (Å²) in [5, 5.41) is 0. The van der Waals surface area contributed by atoms with Crippen molar-refractivity contribution in [2.45, 2.75) is 31.1 Å². The lowest BCUT2D eigenvalue weighted by Crippen LogP contribution is -2.07. The van der Waals surface area contributed by atoms with Crippen LogP contribution in [-0.4, -0.2) is 12.6 Å². The molecule has 3 heteroatoms. The molecular weight excluding hydrogens is 208 g/mol. The molecule has 0 aliphatic rings. The average molecular weight is 224 g/mol. The molecule has 0 amide bonds. The van der Waals surface area contributed by atoms with Gasteiger partial charge in [0.15, 0.2) is 0 Å². The molecule has 1 aromatic carbocycles. The second-order valence-electron chi connectivity index (χ2n) is 3.36. The molecule has 0 fully saturated rings. The van der Waals surface area contributed by atoms with E-state index < -0.39 is 0 Å². The van der Waals surface area contributed by atoms with E-state index in [4.69, 9.17) is 4.74 Å². The highest BCUT2D eigenvalue weighted by atomic mass is 32.1. The quantitative estimate of drug-likeness (QED) is 0.472. The second-order valence-corrected chi connectivity index (χ2v) is 3.84. The van der Waals surface area contributed by atoms with Crippen molar-refractivity contribution in [1.82, 2.24) is 0 Å². The normalized spacial score (nSPS) is 10.0. The summed E-state index contributed by atoms with van der Waals surface area (Å²) in [6.07, 6.45) is 3.15. The van der Waals surface area contributed by atoms with E-state index in [2.05, 4.69) is 19.6 Å². The SMILES string of the molecule is CCCCCOC(=O)c1ccccc1S. The van der Waals surface area contributed by atoms with Crippen LogP contribution in [0.15, 0.2) is 29.2 Å². The van der Waals surface area contributed by atoms with Gasteiger partial charge in [0, 0.05) is 4.90 Å². The largest absolute Gasteiger partial charge is 0.462 e. The molecule has 2 nitrogen and oxygen atoms in total. The van der Waals surface area contributed by atoms with Gasteiger partial charge in [-0.05, 0) is 18.6 Å². The zero-order chi connectivity index (χ0) is 11.1. The molecule has 82 valence electrons. The predicted octanol–water partition coefficient (Wildman–Crippen LogP) is 3.32. The number of carbonyl (C=O) groups excluding carboxylic acids is 1. The van der Waals surface area contributed by atoms with Crippen LogP contribution in [0.25, 0.3) is 0 Å². The third-order valence-electron chi connectivity index (χ3n) is 2.11. The van der Waals surface area contributed by atoms with Gasteiger partial charge in [0.1, 0.15) is 0 Å². The lowest BCUT2D eigenvalue weighted by atomic mass is 10.2. The highest BCUT2D eigenvalue weighted by molar-refractivity contribution is 7.80. The highest BCUT2D eigenvalue weighted by Crippen LogP contribution is 2.14. The van der Waals surface area contributed by atoms with Crippen LogP contribution in [-0.2, 0) is 4.74 Å². The van der Waals surface area contributed by atoms with Crippen LogP contribution < -0.4 is 0 Å². The Kier molecular flexibility index (Phi) is 5.26. The highest BCUT2D eigenvalue weighted by Gasteiger charge is 2.09. The number of hydrogen-bond acceptors (Lipinski definition) is 3. The average Bonchev–Trinajstić information content (AvgIpc) is 2.25. The van der Waals surface area contributed by atoms with Gasteiger partial charge in [0.2, 0.25) is 0 Å². The van der Waals surface area contributed by atoms with Crippen molar-refractivity contribution in [2.24, 2.45) is 0 Å². The molecule has 0 atom stereocenters. The number of hydrogen-bond donors (Lipinski definition) is 1. The Morgan fingerprint density at radius 3 is 2.73 bits per heavy atom. The van der Waals surface area contributed by atoms with Gasteiger partial charge in [-0.15, -0.1) is 12.6 Å². The maximum absolute atomic E-state index is 11.6. The Bertz CT molecular complexity index is 323. The standard InChI is InChI=1S/C12H16O2S/c1-2-3-6-9-14-12(13)10-7-4-5-8-11(10)15/h4-5,7-8,15H,2-3,6,9H2,1H3. The molecular formula is C12H16O2S. The maximum atomic E-state index is 11.6. The molecule has 0 aromatic heterocycles. The molecule has 1 aromatic rings. The minimum Gasteiger partial charge on any atom is -0.462 e. The van der Waals surface area contributed by atoms with E-state index >= 15 is 0 Å². The van der Waals surface area contributed by atoms with Crippen LogP contribution in [0.4, 0.5) is 0 Å². The van der Waals surface area contributed by atoms with Crippen molar-refractivity contribution < 1.29 is 9.53 Å². The Balaban J connectivity index is 2.44. The number of esters is 1. The van der Waals surface area contributed by atoms with Crippen molar-refractivity contribution in [1.29, 1.82) is 0 Å². The summed E-state index contributed by atoms with van der Waals surface area (Å²) in [4.78, 5) is 12.2. The Morgan fingerprint density at radius 2 is 2.07 bits per heavy atom. The molecule has 0 spiro atoms. The van der Waals surface area contributed by atoms with Gasteiger partial charge in [-0.1, -0.05) is 31.9 Å². The third-order valence-corrected chi connectivity index (χ3v) is 2.49. The first-order valence-electron chi connectivity index (χ1n) is 5.20. The minimum atomic E-state index is -0.281. The molecule has 0 radical (unpaired) electrons. The fourth-order valence-electron chi connectivity index (χ4n) is 1.24. The molecule has 0 aliphatic carbocycles. The monoisotopic (exact) mass is 224 g/mol. The molecule has 15 heavy (non-hydrogen) atoms. The first-order chi connectivity index (χ1) is 7.25. The minimum absolute atomic E-state index is 0.281. The number of rotatable bonds is 5. The van der Waals surface area contributed by atoms with Crippen molar-refractivity contribution in [2.75, 3.05) is 6.61 Å². The third kappa shape index (κ3) is 3.96. The van der Waals surface area contributed by atoms with Crippen LogP contribution in [0.2, 0.25) is 0 Å². The Labute approximate surface area is 96.1 Å². The number of carbonyl (C=O) groups is 1. The van der Waals surface area contributed by atoms with Crippen LogP contribution >= 0.6 is 12.6 Å². The topological polar surface area (TPSA) is 26.3 Å². The van der Waals surface area contributed by atoms with Gasteiger partial charge in [-0.25, -0.2) is 4.79 Å². The fourth-order valence-corrected chi connectivity index (χ4v) is 1.49. The van der Waals surface area contributed by atoms with Gasteiger partial charge in [0.25, 0.3) is 0 Å². The number of ether oxygens (including phenoxy) is 1. The van der Waals surface area contributed by atoms with E-state index in [-0.39, 0.29) is 5.97 Å². The van der Waals surface area contributed by atoms with Crippen LogP contribution in [0.5, 0.6) is 0 Å². The zero-order valence-electron chi connectivity index (χ0n) is 8.90. The maximum Gasteiger partial charge on any atom is 0.339 e. The van der Waals surface area contributed by atoms with Gasteiger partial charge >= 0.3 is 5.97 Å². The summed E-state index contributed by atoms with van der Waals surface area (Å²) < 4.78 is 5.12. The van der Waals surface area contributed by atoms with Crippen LogP contribution in [0.3, 0.4) is 0 Å². The van der Waals surface area contributed by atoms with Gasteiger partial charge < -0.3 is 4.74 Å². The van der Waals surface area contributed by atoms with E-state index in [0.717, 1.165) is 19.3 Å². The zero-order valence-corrected chi connectivity index (χ0v) is 9.80. The second kappa shape index (κ2) is 6.51. The van der Waals surface area contributed by atoms with Gasteiger partial charge in [-0.3, -0.25) is 0 Å². The van der Waals surface area contributed by atoms with Crippen molar-refractivity contribution >= 4 is 18.6 Å². The van der Waals surface area contributed by atoms with Crippen LogP contribution in [0.1, 0.15) is 36.5 Å². The lowest BCUT2D eigenvalue weighted by molar-refractivity contribution is 0.0494. The van der Waals surface area contributed by atoms with E-state index in [9.17, 15) is 4.79 Å². The van der Waals surface area contributed by atoms with Gasteiger partial charge in [-0.2, -0.15) is 0 Å². The summed E-state index contributed by atoms with van der Waals surface area (Å²) in [5.74, 6) is -0.281. The summed E-state index contributed by atoms with van der Waals surface area (Å²) in [6, 6.07) is 7.16. The van der Waals surface area contributed by atoms with Crippen molar-refractivity contribution in [3.8, 4) is 0 Å². The number of thiol groups is 1. The lowest BCUT2D eigenvalue weighted by Gasteiger charge is -2.05. The molecule has 0 aliphatic heterocycles. The Hall–Kier alpha value is -0.960. The van der Waals surface area contributed by atoms with Crippen molar-refractivity contribution in [3.05, 3.63) is 29.8 Å². The first kappa shape index (κ1) is 12.1. The first-order valence-corrected chi connectivity index (χ1v) is 5.65. The summed E-state index contributed by atoms with van der Waals surface area (Å²) in [7, 11) is 0. The van der Waals surface area contributed by atoms with Crippen molar-refractivity contribution in [3.63, 3.8) is 0 Å². The molecule has 1 rings (SSSR count). The number of benzene rings is 1. The smallest absolute Gasteiger partial charge is 0.339 e. The summed E-state index contributed by atoms with van der Waals surface area (Å²) >= 11 is 4.20. The van der Waals surface area contributed by atoms with Crippen LogP contribution in [0, 0.1) is 0 Å². The van der Waals surface area contributed by atoms with E-state index in [0.29, 0.717) is 17.1 Å². The number of unbranched alkanes of at least 4 members (excludes halogenated alkanes) is 2. The summed E-state index contributed by atoms with van der Waals surface area (Å²) in [6.45, 7) is 2.61. The molecule has 0 N–H and O–H groups in total. The van der Waals surface area contributed by atoms with E-state index in [1.807, 2.05) is 12.1 Å². The Morgan fingerprint density at radius 1 is 1.33 bits per heavy atom. The molecule has 0 heterocycles. The fraction of sp³-hybridized carbons (Fsp3) is 0.417. The molecule has 0 bridgehead atoms. The molecule has 0 saturated carbocycles. The van der Waals surface area contributed by atoms with Gasteiger partial charge in [0.05, 0.1) is 12.2 Å². The molecule has 0 saturated heterocycles.